The first-order valence-electron chi connectivity index (χ1n) is 6.40. The van der Waals surface area contributed by atoms with E-state index in [1.807, 2.05) is 6.07 Å². The first-order chi connectivity index (χ1) is 9.19. The first-order valence-corrected chi connectivity index (χ1v) is 6.40. The van der Waals surface area contributed by atoms with Gasteiger partial charge in [-0.25, -0.2) is 0 Å². The smallest absolute Gasteiger partial charge is 0.188 e. The van der Waals surface area contributed by atoms with Crippen LogP contribution in [-0.4, -0.2) is 21.0 Å². The van der Waals surface area contributed by atoms with Crippen LogP contribution >= 0.6 is 0 Å². The molecule has 2 rings (SSSR count). The number of fused-ring (bicyclic) bond motifs is 1. The average molecular weight is 260 g/mol. The Morgan fingerprint density at radius 1 is 1.05 bits per heavy atom. The van der Waals surface area contributed by atoms with Crippen molar-refractivity contribution in [2.24, 2.45) is 0 Å². The molecule has 0 aliphatic heterocycles. The van der Waals surface area contributed by atoms with Gasteiger partial charge in [-0.2, -0.15) is 0 Å². The highest BCUT2D eigenvalue weighted by atomic mass is 16.7. The quantitative estimate of drug-likeness (QED) is 0.762. The van der Waals surface area contributed by atoms with Crippen molar-refractivity contribution in [3.8, 4) is 11.5 Å². The second-order valence-electron chi connectivity index (χ2n) is 4.75. The van der Waals surface area contributed by atoms with Gasteiger partial charge >= 0.3 is 0 Å². The Morgan fingerprint density at radius 3 is 2.47 bits per heavy atom. The maximum atomic E-state index is 5.73. The van der Waals surface area contributed by atoms with E-state index in [4.69, 9.17) is 14.2 Å². The second-order valence-corrected chi connectivity index (χ2v) is 4.75. The lowest BCUT2D eigenvalue weighted by atomic mass is 9.95. The molecular formula is C16H20O3. The maximum absolute atomic E-state index is 5.73. The fraction of sp³-hybridized carbons (Fsp3) is 0.375. The summed E-state index contributed by atoms with van der Waals surface area (Å²) in [5.41, 5.74) is 1.25. The standard InChI is InChI=1S/C16H20O3/c1-11(2)13-7-5-6-12-8-9-14(18-4)16(15(12)13)19-10-17-3/h5-9,11H,10H2,1-4H3. The molecule has 0 aliphatic rings. The summed E-state index contributed by atoms with van der Waals surface area (Å²) < 4.78 is 16.2. The normalized spacial score (nSPS) is 11.0. The molecule has 0 aliphatic carbocycles. The molecule has 3 nitrogen and oxygen atoms in total. The zero-order chi connectivity index (χ0) is 13.8. The minimum absolute atomic E-state index is 0.210. The van der Waals surface area contributed by atoms with Gasteiger partial charge in [0.05, 0.1) is 7.11 Å². The van der Waals surface area contributed by atoms with Gasteiger partial charge in [-0.1, -0.05) is 38.1 Å². The van der Waals surface area contributed by atoms with Crippen LogP contribution in [0.4, 0.5) is 0 Å². The van der Waals surface area contributed by atoms with E-state index in [-0.39, 0.29) is 6.79 Å². The van der Waals surface area contributed by atoms with E-state index in [2.05, 4.69) is 38.1 Å². The van der Waals surface area contributed by atoms with E-state index in [0.29, 0.717) is 5.92 Å². The van der Waals surface area contributed by atoms with Crippen molar-refractivity contribution in [2.75, 3.05) is 21.0 Å². The van der Waals surface area contributed by atoms with E-state index in [1.54, 1.807) is 14.2 Å². The van der Waals surface area contributed by atoms with Gasteiger partial charge in [0.25, 0.3) is 0 Å². The van der Waals surface area contributed by atoms with Crippen LogP contribution in [0, 0.1) is 0 Å². The predicted octanol–water partition coefficient (Wildman–Crippen LogP) is 3.95. The molecule has 0 saturated heterocycles. The Labute approximate surface area is 114 Å². The lowest BCUT2D eigenvalue weighted by Crippen LogP contribution is -2.03. The van der Waals surface area contributed by atoms with Gasteiger partial charge in [-0.3, -0.25) is 0 Å². The number of methoxy groups -OCH3 is 2. The van der Waals surface area contributed by atoms with Gasteiger partial charge in [0, 0.05) is 12.5 Å². The van der Waals surface area contributed by atoms with E-state index in [0.717, 1.165) is 22.3 Å². The molecule has 0 bridgehead atoms. The fourth-order valence-corrected chi connectivity index (χ4v) is 2.26. The molecule has 0 fully saturated rings. The van der Waals surface area contributed by atoms with Crippen molar-refractivity contribution in [1.82, 2.24) is 0 Å². The van der Waals surface area contributed by atoms with Crippen molar-refractivity contribution in [1.29, 1.82) is 0 Å². The minimum Gasteiger partial charge on any atom is -0.493 e. The van der Waals surface area contributed by atoms with Crippen LogP contribution in [0.25, 0.3) is 10.8 Å². The van der Waals surface area contributed by atoms with Gasteiger partial charge in [-0.05, 0) is 22.9 Å². The van der Waals surface area contributed by atoms with Crippen molar-refractivity contribution >= 4 is 10.8 Å². The van der Waals surface area contributed by atoms with Crippen LogP contribution in [-0.2, 0) is 4.74 Å². The monoisotopic (exact) mass is 260 g/mol. The highest BCUT2D eigenvalue weighted by Gasteiger charge is 2.14. The molecule has 0 radical (unpaired) electrons. The lowest BCUT2D eigenvalue weighted by molar-refractivity contribution is 0.0503. The molecule has 0 spiro atoms. The summed E-state index contributed by atoms with van der Waals surface area (Å²) in [6.45, 7) is 4.56. The van der Waals surface area contributed by atoms with E-state index in [9.17, 15) is 0 Å². The highest BCUT2D eigenvalue weighted by molar-refractivity contribution is 5.94. The van der Waals surface area contributed by atoms with Gasteiger partial charge < -0.3 is 14.2 Å². The highest BCUT2D eigenvalue weighted by Crippen LogP contribution is 2.39. The minimum atomic E-state index is 0.210. The van der Waals surface area contributed by atoms with E-state index in [1.165, 1.54) is 5.56 Å². The first kappa shape index (κ1) is 13.7. The number of hydrogen-bond acceptors (Lipinski definition) is 3. The Balaban J connectivity index is 2.70. The van der Waals surface area contributed by atoms with Crippen molar-refractivity contribution in [3.63, 3.8) is 0 Å². The molecule has 3 heteroatoms. The van der Waals surface area contributed by atoms with E-state index < -0.39 is 0 Å². The van der Waals surface area contributed by atoms with Crippen LogP contribution in [0.15, 0.2) is 30.3 Å². The summed E-state index contributed by atoms with van der Waals surface area (Å²) in [5.74, 6) is 1.91. The molecule has 0 saturated carbocycles. The summed E-state index contributed by atoms with van der Waals surface area (Å²) in [6.07, 6.45) is 0. The Hall–Kier alpha value is -1.74. The summed E-state index contributed by atoms with van der Waals surface area (Å²) in [5, 5.41) is 2.26. The van der Waals surface area contributed by atoms with Crippen LogP contribution in [0.5, 0.6) is 11.5 Å². The fourth-order valence-electron chi connectivity index (χ4n) is 2.26. The number of rotatable bonds is 5. The molecule has 19 heavy (non-hydrogen) atoms. The molecular weight excluding hydrogens is 240 g/mol. The van der Waals surface area contributed by atoms with Gasteiger partial charge in [-0.15, -0.1) is 0 Å². The van der Waals surface area contributed by atoms with Gasteiger partial charge in [0.1, 0.15) is 0 Å². The third-order valence-corrected chi connectivity index (χ3v) is 3.16. The van der Waals surface area contributed by atoms with Gasteiger partial charge in [0.15, 0.2) is 18.3 Å². The molecule has 2 aromatic carbocycles. The Morgan fingerprint density at radius 2 is 1.84 bits per heavy atom. The maximum Gasteiger partial charge on any atom is 0.188 e. The number of ether oxygens (including phenoxy) is 3. The Bertz CT molecular complexity index is 561. The summed E-state index contributed by atoms with van der Waals surface area (Å²) >= 11 is 0. The summed E-state index contributed by atoms with van der Waals surface area (Å²) in [4.78, 5) is 0. The molecule has 0 unspecified atom stereocenters. The Kier molecular flexibility index (Phi) is 4.27. The zero-order valence-electron chi connectivity index (χ0n) is 11.9. The summed E-state index contributed by atoms with van der Waals surface area (Å²) in [7, 11) is 3.26. The number of hydrogen-bond donors (Lipinski definition) is 0. The molecule has 102 valence electrons. The topological polar surface area (TPSA) is 27.7 Å². The predicted molar refractivity (Wildman–Crippen MR) is 77.1 cm³/mol. The molecule has 0 atom stereocenters. The molecule has 0 aromatic heterocycles. The van der Waals surface area contributed by atoms with Crippen molar-refractivity contribution < 1.29 is 14.2 Å². The molecule has 0 N–H and O–H groups in total. The zero-order valence-corrected chi connectivity index (χ0v) is 11.9. The molecule has 0 heterocycles. The van der Waals surface area contributed by atoms with Gasteiger partial charge in [0.2, 0.25) is 0 Å². The van der Waals surface area contributed by atoms with E-state index >= 15 is 0 Å². The average Bonchev–Trinajstić information content (AvgIpc) is 2.43. The largest absolute Gasteiger partial charge is 0.493 e. The van der Waals surface area contributed by atoms with Crippen LogP contribution < -0.4 is 9.47 Å². The summed E-state index contributed by atoms with van der Waals surface area (Å²) in [6, 6.07) is 10.3. The SMILES string of the molecule is COCOc1c(OC)ccc2cccc(C(C)C)c12. The van der Waals surface area contributed by atoms with Crippen molar-refractivity contribution in [2.45, 2.75) is 19.8 Å². The lowest BCUT2D eigenvalue weighted by Gasteiger charge is -2.17. The van der Waals surface area contributed by atoms with Crippen molar-refractivity contribution in [3.05, 3.63) is 35.9 Å². The third-order valence-electron chi connectivity index (χ3n) is 3.16. The van der Waals surface area contributed by atoms with Crippen LogP contribution in [0.3, 0.4) is 0 Å². The van der Waals surface area contributed by atoms with Crippen LogP contribution in [0.2, 0.25) is 0 Å². The number of benzene rings is 2. The molecule has 0 amide bonds. The second kappa shape index (κ2) is 5.93. The third kappa shape index (κ3) is 2.66. The van der Waals surface area contributed by atoms with Crippen LogP contribution in [0.1, 0.15) is 25.3 Å². The molecule has 2 aromatic rings.